The van der Waals surface area contributed by atoms with E-state index in [1.54, 1.807) is 17.2 Å². The number of imide groups is 1. The first kappa shape index (κ1) is 34.7. The van der Waals surface area contributed by atoms with Gasteiger partial charge in [0.1, 0.15) is 11.6 Å². The maximum Gasteiger partial charge on any atom is 0.328 e. The van der Waals surface area contributed by atoms with Crippen LogP contribution >= 0.6 is 0 Å². The Hall–Kier alpha value is -5.42. The average Bonchev–Trinajstić information content (AvgIpc) is 3.77. The van der Waals surface area contributed by atoms with E-state index in [2.05, 4.69) is 68.5 Å². The van der Waals surface area contributed by atoms with Crippen molar-refractivity contribution >= 4 is 56.0 Å². The van der Waals surface area contributed by atoms with Crippen molar-refractivity contribution in [3.05, 3.63) is 66.7 Å². The molecule has 4 aromatic heterocycles. The summed E-state index contributed by atoms with van der Waals surface area (Å²) in [5, 5.41) is 15.4. The van der Waals surface area contributed by atoms with Crippen molar-refractivity contribution in [1.29, 1.82) is 0 Å². The summed E-state index contributed by atoms with van der Waals surface area (Å²) in [6.07, 6.45) is 10.0. The Bertz CT molecular complexity index is 2270. The van der Waals surface area contributed by atoms with Crippen LogP contribution in [-0.2, 0) is 21.4 Å². The molecule has 0 bridgehead atoms. The van der Waals surface area contributed by atoms with Crippen molar-refractivity contribution in [2.75, 3.05) is 41.8 Å². The summed E-state index contributed by atoms with van der Waals surface area (Å²) < 4.78 is 28.3. The summed E-state index contributed by atoms with van der Waals surface area (Å²) in [6.45, 7) is 7.13. The Labute approximate surface area is 307 Å². The third-order valence-electron chi connectivity index (χ3n) is 10.1. The topological polar surface area (TPSA) is 176 Å². The Kier molecular flexibility index (Phi) is 9.06. The van der Waals surface area contributed by atoms with Crippen molar-refractivity contribution in [1.82, 2.24) is 44.1 Å². The number of amides is 3. The first-order chi connectivity index (χ1) is 25.5. The van der Waals surface area contributed by atoms with Gasteiger partial charge in [0.2, 0.25) is 5.91 Å². The molecule has 5 aromatic rings. The van der Waals surface area contributed by atoms with Gasteiger partial charge in [0.25, 0.3) is 10.0 Å². The molecule has 3 fully saturated rings. The van der Waals surface area contributed by atoms with Crippen LogP contribution in [0.3, 0.4) is 0 Å². The number of pyridine rings is 1. The van der Waals surface area contributed by atoms with Crippen LogP contribution in [0.25, 0.3) is 22.3 Å². The van der Waals surface area contributed by atoms with Crippen LogP contribution in [0.15, 0.2) is 61.2 Å². The monoisotopic (exact) mass is 738 g/mol. The lowest BCUT2D eigenvalue weighted by Gasteiger charge is -2.37. The summed E-state index contributed by atoms with van der Waals surface area (Å²) in [7, 11) is -1.32. The highest BCUT2D eigenvalue weighted by Gasteiger charge is 2.38. The third-order valence-corrected chi connectivity index (χ3v) is 12.2. The number of nitrogens with zero attached hydrogens (tertiary/aromatic N) is 10. The molecule has 3 aliphatic rings. The highest BCUT2D eigenvalue weighted by atomic mass is 32.2. The molecule has 16 nitrogen and oxygen atoms in total. The first-order valence-electron chi connectivity index (χ1n) is 18.0. The van der Waals surface area contributed by atoms with Gasteiger partial charge in [0, 0.05) is 68.8 Å². The molecular formula is C36H42N12O4S. The summed E-state index contributed by atoms with van der Waals surface area (Å²) >= 11 is 0. The molecule has 8 rings (SSSR count). The molecule has 3 amide bonds. The van der Waals surface area contributed by atoms with Crippen molar-refractivity contribution in [2.24, 2.45) is 0 Å². The molecule has 276 valence electrons. The largest absolute Gasteiger partial charge is 0.354 e. The maximum atomic E-state index is 12.6. The van der Waals surface area contributed by atoms with Gasteiger partial charge in [-0.15, -0.1) is 0 Å². The van der Waals surface area contributed by atoms with Crippen molar-refractivity contribution < 1.29 is 18.0 Å². The van der Waals surface area contributed by atoms with Gasteiger partial charge in [0.05, 0.1) is 34.1 Å². The Morgan fingerprint density at radius 1 is 0.981 bits per heavy atom. The maximum absolute atomic E-state index is 12.6. The SMILES string of the molecule is CC(C)n1nc(N2CCC(N(C)Cc3ccc(N4CCC(=O)NC4=O)cc3)CC2)c2cnc(Nc3ccnc(-c4cnn(S(=O)(=O)C5CC5)c4)n3)cc21. The molecule has 2 saturated heterocycles. The van der Waals surface area contributed by atoms with Gasteiger partial charge in [-0.1, -0.05) is 12.1 Å². The summed E-state index contributed by atoms with van der Waals surface area (Å²) in [5.74, 6) is 2.17. The third kappa shape index (κ3) is 7.05. The second-order valence-corrected chi connectivity index (χ2v) is 16.3. The fourth-order valence-corrected chi connectivity index (χ4v) is 8.49. The van der Waals surface area contributed by atoms with E-state index in [1.165, 1.54) is 12.4 Å². The number of carbonyl (C=O) groups excluding carboxylic acids is 2. The highest BCUT2D eigenvalue weighted by molar-refractivity contribution is 7.90. The molecule has 53 heavy (non-hydrogen) atoms. The van der Waals surface area contributed by atoms with Crippen LogP contribution in [0.1, 0.15) is 57.6 Å². The van der Waals surface area contributed by atoms with Crippen LogP contribution in [0.5, 0.6) is 0 Å². The number of urea groups is 1. The number of fused-ring (bicyclic) bond motifs is 1. The van der Waals surface area contributed by atoms with Gasteiger partial charge in [0.15, 0.2) is 11.6 Å². The average molecular weight is 739 g/mol. The fourth-order valence-electron chi connectivity index (χ4n) is 7.02. The normalized spacial score (nSPS) is 17.3. The van der Waals surface area contributed by atoms with Gasteiger partial charge in [-0.3, -0.25) is 24.6 Å². The fraction of sp³-hybridized carbons (Fsp3) is 0.417. The standard InChI is InChI=1S/C36H42N12O4S/c1-23(2)48-30-18-32(40-31-10-14-37-34(41-31)25-19-39-47(22-25)53(51,52)28-8-9-28)38-20-29(30)35(43-48)45-15-11-26(12-16-45)44(3)21-24-4-6-27(7-5-24)46-17-13-33(49)42-36(46)50/h4-7,10,14,18-20,22-23,26,28H,8-9,11-13,15-17,21H2,1-3H3,(H,42,49,50)(H,37,38,40,41). The molecule has 1 saturated carbocycles. The van der Waals surface area contributed by atoms with Crippen LogP contribution in [0.4, 0.5) is 27.9 Å². The molecule has 0 unspecified atom stereocenters. The Balaban J connectivity index is 0.921. The predicted octanol–water partition coefficient (Wildman–Crippen LogP) is 4.30. The van der Waals surface area contributed by atoms with E-state index in [1.807, 2.05) is 29.1 Å². The Morgan fingerprint density at radius 2 is 1.75 bits per heavy atom. The minimum absolute atomic E-state index is 0.123. The Morgan fingerprint density at radius 3 is 2.47 bits per heavy atom. The molecule has 2 N–H and O–H groups in total. The molecule has 6 heterocycles. The lowest BCUT2D eigenvalue weighted by Crippen LogP contribution is -2.49. The quantitative estimate of drug-likeness (QED) is 0.197. The van der Waals surface area contributed by atoms with Crippen LogP contribution in [0.2, 0.25) is 0 Å². The molecule has 2 aliphatic heterocycles. The van der Waals surface area contributed by atoms with E-state index in [-0.39, 0.29) is 23.2 Å². The number of benzene rings is 1. The number of piperidine rings is 1. The zero-order valence-corrected chi connectivity index (χ0v) is 30.7. The zero-order chi connectivity index (χ0) is 36.9. The van der Waals surface area contributed by atoms with Crippen LogP contribution in [-0.4, -0.2) is 97.1 Å². The number of hydrogen-bond acceptors (Lipinski definition) is 12. The second-order valence-electron chi connectivity index (χ2n) is 14.2. The molecule has 0 spiro atoms. The number of carbonyl (C=O) groups is 2. The number of nitrogens with one attached hydrogen (secondary N) is 2. The summed E-state index contributed by atoms with van der Waals surface area (Å²) in [5.41, 5.74) is 3.42. The first-order valence-corrected chi connectivity index (χ1v) is 19.5. The number of rotatable bonds is 11. The number of anilines is 4. The van der Waals surface area contributed by atoms with Crippen LogP contribution < -0.4 is 20.4 Å². The second kappa shape index (κ2) is 13.9. The smallest absolute Gasteiger partial charge is 0.328 e. The van der Waals surface area contributed by atoms with Crippen molar-refractivity contribution in [3.63, 3.8) is 0 Å². The minimum Gasteiger partial charge on any atom is -0.354 e. The van der Waals surface area contributed by atoms with E-state index in [4.69, 9.17) is 10.1 Å². The number of hydrogen-bond donors (Lipinski definition) is 2. The summed E-state index contributed by atoms with van der Waals surface area (Å²) in [4.78, 5) is 43.8. The molecule has 1 aliphatic carbocycles. The van der Waals surface area contributed by atoms with E-state index in [9.17, 15) is 18.0 Å². The lowest BCUT2D eigenvalue weighted by molar-refractivity contribution is -0.120. The highest BCUT2D eigenvalue weighted by Crippen LogP contribution is 2.33. The number of aromatic nitrogens is 7. The molecule has 0 atom stereocenters. The lowest BCUT2D eigenvalue weighted by atomic mass is 10.0. The zero-order valence-electron chi connectivity index (χ0n) is 29.9. The van der Waals surface area contributed by atoms with Crippen molar-refractivity contribution in [2.45, 2.75) is 69.8 Å². The van der Waals surface area contributed by atoms with E-state index < -0.39 is 10.0 Å². The van der Waals surface area contributed by atoms with Crippen LogP contribution in [0, 0.1) is 0 Å². The van der Waals surface area contributed by atoms with E-state index >= 15 is 0 Å². The molecule has 1 aromatic carbocycles. The molecular weight excluding hydrogens is 697 g/mol. The molecule has 0 radical (unpaired) electrons. The summed E-state index contributed by atoms with van der Waals surface area (Å²) in [6, 6.07) is 11.9. The molecule has 17 heteroatoms. The van der Waals surface area contributed by atoms with Gasteiger partial charge in [-0.05, 0) is 70.3 Å². The minimum atomic E-state index is -3.48. The van der Waals surface area contributed by atoms with Gasteiger partial charge in [-0.25, -0.2) is 28.2 Å². The van der Waals surface area contributed by atoms with E-state index in [0.717, 1.165) is 64.5 Å². The van der Waals surface area contributed by atoms with Gasteiger partial charge in [-0.2, -0.15) is 14.3 Å². The van der Waals surface area contributed by atoms with Gasteiger partial charge < -0.3 is 10.2 Å². The van der Waals surface area contributed by atoms with E-state index in [0.29, 0.717) is 54.9 Å². The van der Waals surface area contributed by atoms with Crippen molar-refractivity contribution in [3.8, 4) is 11.4 Å². The predicted molar refractivity (Wildman–Crippen MR) is 200 cm³/mol. The van der Waals surface area contributed by atoms with Gasteiger partial charge >= 0.3 is 6.03 Å².